The van der Waals surface area contributed by atoms with Gasteiger partial charge in [0, 0.05) is 25.6 Å². The smallest absolute Gasteiger partial charge is 0.222 e. The van der Waals surface area contributed by atoms with E-state index in [2.05, 4.69) is 11.8 Å². The van der Waals surface area contributed by atoms with Gasteiger partial charge >= 0.3 is 0 Å². The van der Waals surface area contributed by atoms with Gasteiger partial charge in [0.05, 0.1) is 0 Å². The molecular weight excluding hydrogens is 224 g/mol. The molecule has 1 aliphatic carbocycles. The Bertz CT molecular complexity index is 280. The topological polar surface area (TPSA) is 46.3 Å². The zero-order valence-electron chi connectivity index (χ0n) is 11.7. The van der Waals surface area contributed by atoms with E-state index in [0.717, 1.165) is 32.4 Å². The van der Waals surface area contributed by atoms with Crippen LogP contribution in [0.3, 0.4) is 0 Å². The van der Waals surface area contributed by atoms with Gasteiger partial charge in [-0.1, -0.05) is 19.8 Å². The maximum atomic E-state index is 12.2. The number of piperidine rings is 1. The van der Waals surface area contributed by atoms with Gasteiger partial charge in [0.15, 0.2) is 0 Å². The largest absolute Gasteiger partial charge is 0.342 e. The number of hydrogen-bond donors (Lipinski definition) is 1. The van der Waals surface area contributed by atoms with Gasteiger partial charge in [0.2, 0.25) is 5.91 Å². The monoisotopic (exact) mass is 252 g/mol. The van der Waals surface area contributed by atoms with Crippen molar-refractivity contribution >= 4 is 5.91 Å². The molecule has 18 heavy (non-hydrogen) atoms. The van der Waals surface area contributed by atoms with Crippen LogP contribution in [0.25, 0.3) is 0 Å². The summed E-state index contributed by atoms with van der Waals surface area (Å²) in [6, 6.07) is 0.383. The molecule has 2 fully saturated rings. The predicted molar refractivity (Wildman–Crippen MR) is 74.1 cm³/mol. The molecule has 0 aromatic carbocycles. The first kappa shape index (κ1) is 13.9. The first-order chi connectivity index (χ1) is 8.65. The highest BCUT2D eigenvalue weighted by atomic mass is 16.2. The molecule has 2 rings (SSSR count). The predicted octanol–water partition coefficient (Wildman–Crippen LogP) is 2.54. The minimum atomic E-state index is 0.376. The Balaban J connectivity index is 1.70. The van der Waals surface area contributed by atoms with E-state index in [0.29, 0.717) is 23.8 Å². The Morgan fingerprint density at radius 2 is 2.11 bits per heavy atom. The van der Waals surface area contributed by atoms with Crippen molar-refractivity contribution in [3.05, 3.63) is 0 Å². The number of carbonyl (C=O) groups is 1. The van der Waals surface area contributed by atoms with Crippen LogP contribution >= 0.6 is 0 Å². The van der Waals surface area contributed by atoms with Crippen LogP contribution in [0.1, 0.15) is 58.3 Å². The van der Waals surface area contributed by atoms with E-state index in [1.165, 1.54) is 32.1 Å². The minimum absolute atomic E-state index is 0.376. The molecule has 0 aromatic heterocycles. The van der Waals surface area contributed by atoms with Crippen LogP contribution in [0.4, 0.5) is 0 Å². The van der Waals surface area contributed by atoms with Crippen LogP contribution in [0.5, 0.6) is 0 Å². The normalized spacial score (nSPS) is 33.4. The average Bonchev–Trinajstić information content (AvgIpc) is 2.36. The van der Waals surface area contributed by atoms with Crippen molar-refractivity contribution in [3.8, 4) is 0 Å². The fraction of sp³-hybridized carbons (Fsp3) is 0.933. The summed E-state index contributed by atoms with van der Waals surface area (Å²) in [6.45, 7) is 4.20. The van der Waals surface area contributed by atoms with Crippen LogP contribution in [0.2, 0.25) is 0 Å². The molecule has 2 aliphatic rings. The van der Waals surface area contributed by atoms with Crippen LogP contribution < -0.4 is 5.73 Å². The highest BCUT2D eigenvalue weighted by Crippen LogP contribution is 2.27. The highest BCUT2D eigenvalue weighted by Gasteiger charge is 2.23. The van der Waals surface area contributed by atoms with E-state index in [9.17, 15) is 4.79 Å². The number of nitrogens with two attached hydrogens (primary N) is 1. The fourth-order valence-corrected chi connectivity index (χ4v) is 3.50. The summed E-state index contributed by atoms with van der Waals surface area (Å²) in [6.07, 6.45) is 9.08. The zero-order valence-corrected chi connectivity index (χ0v) is 11.7. The van der Waals surface area contributed by atoms with E-state index in [-0.39, 0.29) is 0 Å². The molecule has 3 atom stereocenters. The molecule has 0 spiro atoms. The SMILES string of the molecule is CC1CCCN(C(=O)CCC2CCCC(N)C2)C1. The summed E-state index contributed by atoms with van der Waals surface area (Å²) < 4.78 is 0. The Morgan fingerprint density at radius 1 is 1.28 bits per heavy atom. The van der Waals surface area contributed by atoms with E-state index in [4.69, 9.17) is 5.73 Å². The van der Waals surface area contributed by atoms with Crippen LogP contribution in [0, 0.1) is 11.8 Å². The Morgan fingerprint density at radius 3 is 2.83 bits per heavy atom. The van der Waals surface area contributed by atoms with Crippen molar-refractivity contribution in [2.75, 3.05) is 13.1 Å². The minimum Gasteiger partial charge on any atom is -0.342 e. The van der Waals surface area contributed by atoms with Crippen molar-refractivity contribution in [2.24, 2.45) is 17.6 Å². The van der Waals surface area contributed by atoms with Crippen LogP contribution in [-0.2, 0) is 4.79 Å². The third-order valence-electron chi connectivity index (χ3n) is 4.60. The molecule has 1 amide bonds. The molecule has 0 aromatic rings. The van der Waals surface area contributed by atoms with E-state index in [1.54, 1.807) is 0 Å². The zero-order chi connectivity index (χ0) is 13.0. The third kappa shape index (κ3) is 3.98. The van der Waals surface area contributed by atoms with Crippen LogP contribution in [0.15, 0.2) is 0 Å². The number of amides is 1. The maximum absolute atomic E-state index is 12.2. The van der Waals surface area contributed by atoms with Gasteiger partial charge in [-0.15, -0.1) is 0 Å². The highest BCUT2D eigenvalue weighted by molar-refractivity contribution is 5.76. The van der Waals surface area contributed by atoms with Gasteiger partial charge in [-0.25, -0.2) is 0 Å². The molecule has 104 valence electrons. The molecule has 3 unspecified atom stereocenters. The lowest BCUT2D eigenvalue weighted by atomic mass is 9.83. The first-order valence-electron chi connectivity index (χ1n) is 7.68. The standard InChI is InChI=1S/C15H28N2O/c1-12-4-3-9-17(11-12)15(18)8-7-13-5-2-6-14(16)10-13/h12-14H,2-11,16H2,1H3. The quantitative estimate of drug-likeness (QED) is 0.839. The summed E-state index contributed by atoms with van der Waals surface area (Å²) in [4.78, 5) is 14.2. The molecule has 2 N–H and O–H groups in total. The Kier molecular flexibility index (Phi) is 5.04. The van der Waals surface area contributed by atoms with Gasteiger partial charge in [0.25, 0.3) is 0 Å². The van der Waals surface area contributed by atoms with Gasteiger partial charge in [0.1, 0.15) is 0 Å². The summed E-state index contributed by atoms with van der Waals surface area (Å²) in [5, 5.41) is 0. The number of nitrogens with zero attached hydrogens (tertiary/aromatic N) is 1. The second kappa shape index (κ2) is 6.55. The molecule has 3 heteroatoms. The number of carbonyl (C=O) groups excluding carboxylic acids is 1. The summed E-state index contributed by atoms with van der Waals surface area (Å²) in [5.41, 5.74) is 6.00. The first-order valence-corrected chi connectivity index (χ1v) is 7.68. The molecule has 0 radical (unpaired) electrons. The van der Waals surface area contributed by atoms with Crippen molar-refractivity contribution < 1.29 is 4.79 Å². The van der Waals surface area contributed by atoms with E-state index >= 15 is 0 Å². The van der Waals surface area contributed by atoms with Crippen molar-refractivity contribution in [2.45, 2.75) is 64.3 Å². The second-order valence-electron chi connectivity index (χ2n) is 6.42. The van der Waals surface area contributed by atoms with E-state index in [1.807, 2.05) is 0 Å². The average molecular weight is 252 g/mol. The lowest BCUT2D eigenvalue weighted by Crippen LogP contribution is -2.39. The molecule has 1 heterocycles. The third-order valence-corrected chi connectivity index (χ3v) is 4.60. The Hall–Kier alpha value is -0.570. The summed E-state index contributed by atoms with van der Waals surface area (Å²) >= 11 is 0. The molecule has 1 aliphatic heterocycles. The summed E-state index contributed by atoms with van der Waals surface area (Å²) in [5.74, 6) is 1.76. The van der Waals surface area contributed by atoms with Crippen LogP contribution in [-0.4, -0.2) is 29.9 Å². The molecule has 0 bridgehead atoms. The Labute approximate surface area is 111 Å². The fourth-order valence-electron chi connectivity index (χ4n) is 3.50. The molecular formula is C15H28N2O. The molecule has 1 saturated heterocycles. The summed E-state index contributed by atoms with van der Waals surface area (Å²) in [7, 11) is 0. The van der Waals surface area contributed by atoms with Gasteiger partial charge in [-0.2, -0.15) is 0 Å². The van der Waals surface area contributed by atoms with Crippen molar-refractivity contribution in [1.29, 1.82) is 0 Å². The number of rotatable bonds is 3. The van der Waals surface area contributed by atoms with E-state index < -0.39 is 0 Å². The maximum Gasteiger partial charge on any atom is 0.222 e. The second-order valence-corrected chi connectivity index (χ2v) is 6.42. The number of likely N-dealkylation sites (tertiary alicyclic amines) is 1. The lowest BCUT2D eigenvalue weighted by Gasteiger charge is -2.32. The lowest BCUT2D eigenvalue weighted by molar-refractivity contribution is -0.133. The van der Waals surface area contributed by atoms with Crippen molar-refractivity contribution in [3.63, 3.8) is 0 Å². The molecule has 3 nitrogen and oxygen atoms in total. The van der Waals surface area contributed by atoms with Gasteiger partial charge in [-0.3, -0.25) is 4.79 Å². The van der Waals surface area contributed by atoms with Crippen molar-refractivity contribution in [1.82, 2.24) is 4.90 Å². The molecule has 1 saturated carbocycles. The van der Waals surface area contributed by atoms with Gasteiger partial charge in [-0.05, 0) is 43.9 Å². The number of hydrogen-bond acceptors (Lipinski definition) is 2. The van der Waals surface area contributed by atoms with Gasteiger partial charge < -0.3 is 10.6 Å².